The van der Waals surface area contributed by atoms with Crippen LogP contribution < -0.4 is 5.32 Å². The summed E-state index contributed by atoms with van der Waals surface area (Å²) in [6.45, 7) is 6.39. The molecule has 0 aliphatic carbocycles. The molecule has 1 amide bonds. The van der Waals surface area contributed by atoms with Crippen LogP contribution in [0.2, 0.25) is 0 Å². The van der Waals surface area contributed by atoms with Crippen molar-refractivity contribution in [1.29, 1.82) is 0 Å². The topological polar surface area (TPSA) is 81.2 Å². The number of esters is 1. The normalized spacial score (nSPS) is 10.9. The number of ether oxygens (including phenoxy) is 1. The lowest BCUT2D eigenvalue weighted by Crippen LogP contribution is -2.12. The van der Waals surface area contributed by atoms with Gasteiger partial charge in [-0.3, -0.25) is 14.9 Å². The van der Waals surface area contributed by atoms with Crippen molar-refractivity contribution in [3.63, 3.8) is 0 Å². The third-order valence-electron chi connectivity index (χ3n) is 3.96. The molecular weight excluding hydrogens is 394 g/mol. The highest BCUT2D eigenvalue weighted by molar-refractivity contribution is 7.14. The summed E-state index contributed by atoms with van der Waals surface area (Å²) in [6.07, 6.45) is 0.0907. The van der Waals surface area contributed by atoms with Crippen LogP contribution in [-0.4, -0.2) is 28.5 Å². The first-order chi connectivity index (χ1) is 13.5. The van der Waals surface area contributed by atoms with Crippen LogP contribution in [-0.2, 0) is 16.0 Å². The molecule has 0 unspecified atom stereocenters. The van der Waals surface area contributed by atoms with Crippen molar-refractivity contribution in [2.24, 2.45) is 0 Å². The highest BCUT2D eigenvalue weighted by Gasteiger charge is 2.15. The van der Waals surface area contributed by atoms with E-state index in [0.29, 0.717) is 29.0 Å². The molecule has 0 saturated carbocycles. The fourth-order valence-corrected chi connectivity index (χ4v) is 4.00. The van der Waals surface area contributed by atoms with Crippen LogP contribution >= 0.6 is 22.7 Å². The van der Waals surface area contributed by atoms with E-state index in [2.05, 4.69) is 41.3 Å². The van der Waals surface area contributed by atoms with Crippen molar-refractivity contribution in [3.05, 3.63) is 52.0 Å². The molecule has 0 bridgehead atoms. The molecule has 2 heterocycles. The first kappa shape index (κ1) is 20.2. The number of hydrogen-bond acceptors (Lipinski definition) is 7. The number of nitrogens with one attached hydrogen (secondary N) is 1. The summed E-state index contributed by atoms with van der Waals surface area (Å²) in [5.41, 5.74) is 3.16. The van der Waals surface area contributed by atoms with Crippen LogP contribution in [0.4, 0.5) is 5.13 Å². The monoisotopic (exact) mass is 415 g/mol. The Bertz CT molecular complexity index is 961. The summed E-state index contributed by atoms with van der Waals surface area (Å²) < 4.78 is 4.90. The third-order valence-corrected chi connectivity index (χ3v) is 5.66. The largest absolute Gasteiger partial charge is 0.466 e. The Morgan fingerprint density at radius 3 is 2.54 bits per heavy atom. The zero-order chi connectivity index (χ0) is 20.1. The quantitative estimate of drug-likeness (QED) is 0.563. The Balaban J connectivity index is 1.64. The maximum Gasteiger partial charge on any atom is 0.311 e. The van der Waals surface area contributed by atoms with E-state index in [1.807, 2.05) is 12.1 Å². The maximum atomic E-state index is 12.4. The van der Waals surface area contributed by atoms with Gasteiger partial charge < -0.3 is 4.74 Å². The lowest BCUT2D eigenvalue weighted by molar-refractivity contribution is -0.142. The van der Waals surface area contributed by atoms with Crippen LogP contribution in [0.25, 0.3) is 10.6 Å². The molecule has 0 aliphatic heterocycles. The molecular formula is C20H21N3O3S2. The predicted octanol–water partition coefficient (Wildman–Crippen LogP) is 4.75. The van der Waals surface area contributed by atoms with Crippen LogP contribution in [0.1, 0.15) is 48.4 Å². The molecule has 6 nitrogen and oxygen atoms in total. The number of benzene rings is 1. The summed E-state index contributed by atoms with van der Waals surface area (Å²) >= 11 is 2.69. The molecule has 0 spiro atoms. The summed E-state index contributed by atoms with van der Waals surface area (Å²) in [5, 5.41) is 7.42. The number of thiazole rings is 2. The van der Waals surface area contributed by atoms with E-state index >= 15 is 0 Å². The second kappa shape index (κ2) is 9.07. The molecule has 1 aromatic carbocycles. The first-order valence-corrected chi connectivity index (χ1v) is 10.7. The van der Waals surface area contributed by atoms with Gasteiger partial charge in [-0.05, 0) is 18.4 Å². The molecule has 28 heavy (non-hydrogen) atoms. The molecule has 1 N–H and O–H groups in total. The highest BCUT2D eigenvalue weighted by Crippen LogP contribution is 2.26. The van der Waals surface area contributed by atoms with Gasteiger partial charge in [-0.25, -0.2) is 9.97 Å². The van der Waals surface area contributed by atoms with Crippen molar-refractivity contribution in [3.8, 4) is 10.6 Å². The molecule has 0 saturated heterocycles. The Hall–Kier alpha value is -2.58. The standard InChI is InChI=1S/C20H21N3O3S2/c1-4-26-17(24)9-15-10-28-20(21-15)23-18(25)16-11-27-19(22-16)14-7-5-13(6-8-14)12(2)3/h5-8,10-12H,4,9H2,1-3H3,(H,21,23,25). The second-order valence-electron chi connectivity index (χ2n) is 6.39. The second-order valence-corrected chi connectivity index (χ2v) is 8.11. The predicted molar refractivity (Wildman–Crippen MR) is 112 cm³/mol. The van der Waals surface area contributed by atoms with Gasteiger partial charge in [0.15, 0.2) is 5.13 Å². The van der Waals surface area contributed by atoms with E-state index in [1.165, 1.54) is 28.2 Å². The van der Waals surface area contributed by atoms with Crippen molar-refractivity contribution < 1.29 is 14.3 Å². The molecule has 3 aromatic rings. The fourth-order valence-electron chi connectivity index (χ4n) is 2.49. The van der Waals surface area contributed by atoms with Crippen LogP contribution in [0.3, 0.4) is 0 Å². The molecule has 2 aromatic heterocycles. The van der Waals surface area contributed by atoms with Gasteiger partial charge in [0.05, 0.1) is 18.7 Å². The molecule has 3 rings (SSSR count). The van der Waals surface area contributed by atoms with Crippen LogP contribution in [0.15, 0.2) is 35.0 Å². The number of rotatable bonds is 7. The number of nitrogens with zero attached hydrogens (tertiary/aromatic N) is 2. The van der Waals surface area contributed by atoms with Crippen molar-refractivity contribution >= 4 is 39.7 Å². The van der Waals surface area contributed by atoms with E-state index in [1.54, 1.807) is 17.7 Å². The minimum absolute atomic E-state index is 0.0907. The average molecular weight is 416 g/mol. The SMILES string of the molecule is CCOC(=O)Cc1csc(NC(=O)c2csc(-c3ccc(C(C)C)cc3)n2)n1. The smallest absolute Gasteiger partial charge is 0.311 e. The minimum atomic E-state index is -0.335. The van der Waals surface area contributed by atoms with Gasteiger partial charge in [-0.2, -0.15) is 0 Å². The van der Waals surface area contributed by atoms with Crippen molar-refractivity contribution in [1.82, 2.24) is 9.97 Å². The minimum Gasteiger partial charge on any atom is -0.466 e. The molecule has 8 heteroatoms. The van der Waals surface area contributed by atoms with E-state index in [0.717, 1.165) is 10.6 Å². The number of hydrogen-bond donors (Lipinski definition) is 1. The van der Waals surface area contributed by atoms with Crippen LogP contribution in [0.5, 0.6) is 0 Å². The zero-order valence-corrected chi connectivity index (χ0v) is 17.5. The Kier molecular flexibility index (Phi) is 6.53. The summed E-state index contributed by atoms with van der Waals surface area (Å²) in [7, 11) is 0. The summed E-state index contributed by atoms with van der Waals surface area (Å²) in [5.74, 6) is -0.185. The summed E-state index contributed by atoms with van der Waals surface area (Å²) in [4.78, 5) is 32.6. The zero-order valence-electron chi connectivity index (χ0n) is 15.9. The molecule has 0 fully saturated rings. The van der Waals surface area contributed by atoms with Gasteiger partial charge in [-0.15, -0.1) is 22.7 Å². The van der Waals surface area contributed by atoms with Gasteiger partial charge in [0, 0.05) is 16.3 Å². The first-order valence-electron chi connectivity index (χ1n) is 8.93. The van der Waals surface area contributed by atoms with Crippen molar-refractivity contribution in [2.75, 3.05) is 11.9 Å². The molecule has 0 aliphatic rings. The van der Waals surface area contributed by atoms with Gasteiger partial charge in [0.1, 0.15) is 10.7 Å². The maximum absolute atomic E-state index is 12.4. The van der Waals surface area contributed by atoms with Gasteiger partial charge >= 0.3 is 5.97 Å². The lowest BCUT2D eigenvalue weighted by Gasteiger charge is -2.05. The van der Waals surface area contributed by atoms with Gasteiger partial charge in [0.25, 0.3) is 5.91 Å². The average Bonchev–Trinajstić information content (AvgIpc) is 3.32. The Labute approximate surface area is 171 Å². The highest BCUT2D eigenvalue weighted by atomic mass is 32.1. The number of carbonyl (C=O) groups is 2. The van der Waals surface area contributed by atoms with Gasteiger partial charge in [-0.1, -0.05) is 38.1 Å². The number of amides is 1. The van der Waals surface area contributed by atoms with E-state index in [4.69, 9.17) is 4.74 Å². The van der Waals surface area contributed by atoms with E-state index in [9.17, 15) is 9.59 Å². The number of aromatic nitrogens is 2. The lowest BCUT2D eigenvalue weighted by atomic mass is 10.0. The number of anilines is 1. The molecule has 0 atom stereocenters. The Morgan fingerprint density at radius 2 is 1.86 bits per heavy atom. The van der Waals surface area contributed by atoms with Gasteiger partial charge in [0.2, 0.25) is 0 Å². The fraction of sp³-hybridized carbons (Fsp3) is 0.300. The third kappa shape index (κ3) is 5.02. The molecule has 0 radical (unpaired) electrons. The van der Waals surface area contributed by atoms with Crippen molar-refractivity contribution in [2.45, 2.75) is 33.1 Å². The van der Waals surface area contributed by atoms with Crippen LogP contribution in [0, 0.1) is 0 Å². The van der Waals surface area contributed by atoms with E-state index < -0.39 is 0 Å². The van der Waals surface area contributed by atoms with E-state index in [-0.39, 0.29) is 18.3 Å². The summed E-state index contributed by atoms with van der Waals surface area (Å²) in [6, 6.07) is 8.22. The molecule has 146 valence electrons. The Morgan fingerprint density at radius 1 is 1.11 bits per heavy atom. The number of carbonyl (C=O) groups excluding carboxylic acids is 2.